The highest BCUT2D eigenvalue weighted by molar-refractivity contribution is 5.53. The monoisotopic (exact) mass is 377 g/mol. The normalized spacial score (nSPS) is 16.0. The smallest absolute Gasteiger partial charge is 0.232 e. The van der Waals surface area contributed by atoms with Crippen molar-refractivity contribution in [3.8, 4) is 0 Å². The van der Waals surface area contributed by atoms with Gasteiger partial charge in [-0.1, -0.05) is 18.2 Å². The highest BCUT2D eigenvalue weighted by Crippen LogP contribution is 2.22. The Hall–Kier alpha value is -3.33. The standard InChI is InChI=1S/C19H23N9/c1-14(27-9-11-28(12-10-27)16-13-21-7-8-22-16)17-24-18(20)26-19(25-17)23-15-5-3-2-4-6-15/h2-8,13-14H,9-12H2,1H3,(H3,20,23,24,25,26). The van der Waals surface area contributed by atoms with Gasteiger partial charge in [-0.15, -0.1) is 0 Å². The second kappa shape index (κ2) is 8.13. The number of nitrogens with zero attached hydrogens (tertiary/aromatic N) is 7. The Bertz CT molecular complexity index is 896. The highest BCUT2D eigenvalue weighted by atomic mass is 15.3. The van der Waals surface area contributed by atoms with E-state index in [4.69, 9.17) is 5.73 Å². The number of piperazine rings is 1. The maximum Gasteiger partial charge on any atom is 0.232 e. The molecular formula is C19H23N9. The van der Waals surface area contributed by atoms with Gasteiger partial charge in [-0.3, -0.25) is 9.88 Å². The van der Waals surface area contributed by atoms with Crippen molar-refractivity contribution in [1.29, 1.82) is 0 Å². The molecule has 1 fully saturated rings. The summed E-state index contributed by atoms with van der Waals surface area (Å²) in [4.78, 5) is 26.3. The zero-order valence-electron chi connectivity index (χ0n) is 15.7. The maximum absolute atomic E-state index is 5.93. The quantitative estimate of drug-likeness (QED) is 0.688. The molecular weight excluding hydrogens is 354 g/mol. The van der Waals surface area contributed by atoms with Gasteiger partial charge in [-0.25, -0.2) is 4.98 Å². The van der Waals surface area contributed by atoms with E-state index >= 15 is 0 Å². The molecule has 0 spiro atoms. The summed E-state index contributed by atoms with van der Waals surface area (Å²) in [6, 6.07) is 9.80. The Balaban J connectivity index is 1.44. The van der Waals surface area contributed by atoms with Crippen LogP contribution in [0.4, 0.5) is 23.4 Å². The highest BCUT2D eigenvalue weighted by Gasteiger charge is 2.25. The molecule has 144 valence electrons. The number of rotatable bonds is 5. The van der Waals surface area contributed by atoms with E-state index in [1.165, 1.54) is 0 Å². The molecule has 0 bridgehead atoms. The van der Waals surface area contributed by atoms with Crippen LogP contribution in [0.5, 0.6) is 0 Å². The molecule has 3 N–H and O–H groups in total. The number of anilines is 4. The van der Waals surface area contributed by atoms with Gasteiger partial charge in [0.25, 0.3) is 0 Å². The lowest BCUT2D eigenvalue weighted by Gasteiger charge is -2.37. The van der Waals surface area contributed by atoms with Gasteiger partial charge in [0, 0.05) is 44.3 Å². The Labute approximate surface area is 163 Å². The minimum Gasteiger partial charge on any atom is -0.368 e. The van der Waals surface area contributed by atoms with E-state index in [2.05, 4.69) is 47.0 Å². The lowest BCUT2D eigenvalue weighted by atomic mass is 10.2. The lowest BCUT2D eigenvalue weighted by molar-refractivity contribution is 0.191. The topological polar surface area (TPSA) is 109 Å². The van der Waals surface area contributed by atoms with Crippen LogP contribution in [-0.2, 0) is 0 Å². The number of hydrogen-bond donors (Lipinski definition) is 2. The first-order valence-corrected chi connectivity index (χ1v) is 9.27. The number of aromatic nitrogens is 5. The fourth-order valence-corrected chi connectivity index (χ4v) is 3.26. The summed E-state index contributed by atoms with van der Waals surface area (Å²) in [5.74, 6) is 2.25. The minimum absolute atomic E-state index is 0.0330. The molecule has 2 aromatic heterocycles. The number of nitrogens with two attached hydrogens (primary N) is 1. The molecule has 9 heteroatoms. The van der Waals surface area contributed by atoms with E-state index in [1.807, 2.05) is 30.3 Å². The van der Waals surface area contributed by atoms with Crippen LogP contribution in [0.2, 0.25) is 0 Å². The molecule has 1 aliphatic rings. The molecule has 0 amide bonds. The second-order valence-corrected chi connectivity index (χ2v) is 6.63. The third kappa shape index (κ3) is 4.15. The lowest BCUT2D eigenvalue weighted by Crippen LogP contribution is -2.47. The van der Waals surface area contributed by atoms with Crippen LogP contribution in [0.15, 0.2) is 48.9 Å². The van der Waals surface area contributed by atoms with E-state index in [0.29, 0.717) is 11.8 Å². The summed E-state index contributed by atoms with van der Waals surface area (Å²) in [6.07, 6.45) is 5.21. The number of nitrogen functional groups attached to an aromatic ring is 1. The summed E-state index contributed by atoms with van der Waals surface area (Å²) < 4.78 is 0. The molecule has 1 aromatic carbocycles. The molecule has 9 nitrogen and oxygen atoms in total. The van der Waals surface area contributed by atoms with Crippen LogP contribution in [0, 0.1) is 0 Å². The third-order valence-corrected chi connectivity index (χ3v) is 4.81. The summed E-state index contributed by atoms with van der Waals surface area (Å²) >= 11 is 0. The van der Waals surface area contributed by atoms with Crippen LogP contribution >= 0.6 is 0 Å². The Morgan fingerprint density at radius 3 is 2.50 bits per heavy atom. The number of benzene rings is 1. The minimum atomic E-state index is 0.0330. The summed E-state index contributed by atoms with van der Waals surface area (Å²) in [7, 11) is 0. The molecule has 3 aromatic rings. The van der Waals surface area contributed by atoms with Gasteiger partial charge in [0.1, 0.15) is 5.82 Å². The van der Waals surface area contributed by atoms with Gasteiger partial charge in [0.05, 0.1) is 12.2 Å². The first-order valence-electron chi connectivity index (χ1n) is 9.27. The Kier molecular flexibility index (Phi) is 5.24. The Morgan fingerprint density at radius 1 is 1.00 bits per heavy atom. The van der Waals surface area contributed by atoms with Crippen molar-refractivity contribution in [2.75, 3.05) is 42.1 Å². The SMILES string of the molecule is CC(c1nc(N)nc(Nc2ccccc2)n1)N1CCN(c2cnccn2)CC1. The van der Waals surface area contributed by atoms with Crippen LogP contribution in [0.1, 0.15) is 18.8 Å². The molecule has 0 saturated carbocycles. The predicted molar refractivity (Wildman–Crippen MR) is 108 cm³/mol. The molecule has 1 unspecified atom stereocenters. The van der Waals surface area contributed by atoms with E-state index in [0.717, 1.165) is 37.7 Å². The molecule has 28 heavy (non-hydrogen) atoms. The average molecular weight is 377 g/mol. The van der Waals surface area contributed by atoms with Gasteiger partial charge < -0.3 is 16.0 Å². The average Bonchev–Trinajstić information content (AvgIpc) is 2.74. The molecule has 0 radical (unpaired) electrons. The first kappa shape index (κ1) is 18.1. The van der Waals surface area contributed by atoms with Crippen LogP contribution in [-0.4, -0.2) is 56.0 Å². The van der Waals surface area contributed by atoms with E-state index in [1.54, 1.807) is 18.6 Å². The fourth-order valence-electron chi connectivity index (χ4n) is 3.26. The molecule has 0 aliphatic carbocycles. The van der Waals surface area contributed by atoms with E-state index < -0.39 is 0 Å². The largest absolute Gasteiger partial charge is 0.368 e. The number of hydrogen-bond acceptors (Lipinski definition) is 9. The van der Waals surface area contributed by atoms with Crippen molar-refractivity contribution in [2.24, 2.45) is 0 Å². The van der Waals surface area contributed by atoms with Gasteiger partial charge in [0.2, 0.25) is 11.9 Å². The Morgan fingerprint density at radius 2 is 1.79 bits per heavy atom. The summed E-state index contributed by atoms with van der Waals surface area (Å²) in [5.41, 5.74) is 6.84. The number of para-hydroxylation sites is 1. The van der Waals surface area contributed by atoms with Crippen molar-refractivity contribution in [3.63, 3.8) is 0 Å². The van der Waals surface area contributed by atoms with Crippen molar-refractivity contribution in [3.05, 3.63) is 54.7 Å². The zero-order valence-corrected chi connectivity index (χ0v) is 15.7. The predicted octanol–water partition coefficient (Wildman–Crippen LogP) is 1.87. The molecule has 1 saturated heterocycles. The van der Waals surface area contributed by atoms with Gasteiger partial charge in [-0.05, 0) is 19.1 Å². The fraction of sp³-hybridized carbons (Fsp3) is 0.316. The van der Waals surface area contributed by atoms with Gasteiger partial charge in [0.15, 0.2) is 5.82 Å². The number of nitrogens with one attached hydrogen (secondary N) is 1. The molecule has 4 rings (SSSR count). The van der Waals surface area contributed by atoms with Crippen molar-refractivity contribution >= 4 is 23.4 Å². The van der Waals surface area contributed by atoms with Crippen molar-refractivity contribution in [2.45, 2.75) is 13.0 Å². The third-order valence-electron chi connectivity index (χ3n) is 4.81. The van der Waals surface area contributed by atoms with E-state index in [-0.39, 0.29) is 12.0 Å². The van der Waals surface area contributed by atoms with Crippen molar-refractivity contribution in [1.82, 2.24) is 29.8 Å². The van der Waals surface area contributed by atoms with Crippen molar-refractivity contribution < 1.29 is 0 Å². The molecule has 3 heterocycles. The molecule has 1 atom stereocenters. The van der Waals surface area contributed by atoms with Gasteiger partial charge >= 0.3 is 0 Å². The van der Waals surface area contributed by atoms with Crippen LogP contribution < -0.4 is 16.0 Å². The van der Waals surface area contributed by atoms with Crippen LogP contribution in [0.25, 0.3) is 0 Å². The van der Waals surface area contributed by atoms with Crippen LogP contribution in [0.3, 0.4) is 0 Å². The first-order chi connectivity index (χ1) is 13.7. The van der Waals surface area contributed by atoms with E-state index in [9.17, 15) is 0 Å². The second-order valence-electron chi connectivity index (χ2n) is 6.63. The molecule has 1 aliphatic heterocycles. The maximum atomic E-state index is 5.93. The van der Waals surface area contributed by atoms with Gasteiger partial charge in [-0.2, -0.15) is 15.0 Å². The summed E-state index contributed by atoms with van der Waals surface area (Å²) in [5, 5.41) is 3.19. The zero-order chi connectivity index (χ0) is 19.3. The summed E-state index contributed by atoms with van der Waals surface area (Å²) in [6.45, 7) is 5.60.